The number of hydrogen-bond acceptors (Lipinski definition) is 2. The van der Waals surface area contributed by atoms with E-state index in [0.29, 0.717) is 0 Å². The zero-order chi connectivity index (χ0) is 13.0. The van der Waals surface area contributed by atoms with E-state index in [-0.39, 0.29) is 0 Å². The number of hydrogen-bond donors (Lipinski definition) is 0. The Hall–Kier alpha value is -1.07. The van der Waals surface area contributed by atoms with E-state index in [1.165, 1.54) is 0 Å². The van der Waals surface area contributed by atoms with Crippen molar-refractivity contribution < 1.29 is 17.9 Å². The summed E-state index contributed by atoms with van der Waals surface area (Å²) in [5, 5.41) is 0. The van der Waals surface area contributed by atoms with E-state index >= 15 is 0 Å². The number of morpholine rings is 1. The van der Waals surface area contributed by atoms with E-state index in [0.717, 1.165) is 57.0 Å². The Morgan fingerprint density at radius 1 is 1.06 bits per heavy atom. The second-order valence-electron chi connectivity index (χ2n) is 4.40. The van der Waals surface area contributed by atoms with Crippen LogP contribution in [0.1, 0.15) is 11.1 Å². The van der Waals surface area contributed by atoms with Crippen LogP contribution in [0.15, 0.2) is 24.3 Å². The minimum Gasteiger partial charge on any atom is -0.379 e. The van der Waals surface area contributed by atoms with E-state index in [4.69, 9.17) is 4.74 Å². The van der Waals surface area contributed by atoms with Crippen LogP contribution in [0.5, 0.6) is 0 Å². The highest BCUT2D eigenvalue weighted by molar-refractivity contribution is 5.24. The predicted molar refractivity (Wildman–Crippen MR) is 62.4 cm³/mol. The molecule has 1 fully saturated rings. The first kappa shape index (κ1) is 13.4. The fraction of sp³-hybridized carbons (Fsp3) is 0.538. The molecule has 0 unspecified atom stereocenters. The lowest BCUT2D eigenvalue weighted by molar-refractivity contribution is -0.137. The van der Waals surface area contributed by atoms with Crippen molar-refractivity contribution in [3.8, 4) is 0 Å². The summed E-state index contributed by atoms with van der Waals surface area (Å²) in [6.45, 7) is 4.16. The summed E-state index contributed by atoms with van der Waals surface area (Å²) in [7, 11) is 0. The maximum atomic E-state index is 12.4. The summed E-state index contributed by atoms with van der Waals surface area (Å²) in [6, 6.07) is 5.41. The normalized spacial score (nSPS) is 17.9. The molecule has 1 aromatic carbocycles. The van der Waals surface area contributed by atoms with E-state index in [1.807, 2.05) is 0 Å². The molecule has 1 aliphatic heterocycles. The molecule has 1 aliphatic rings. The van der Waals surface area contributed by atoms with Gasteiger partial charge in [-0.3, -0.25) is 4.90 Å². The van der Waals surface area contributed by atoms with Crippen molar-refractivity contribution in [2.75, 3.05) is 32.8 Å². The molecule has 0 aliphatic carbocycles. The van der Waals surface area contributed by atoms with E-state index in [2.05, 4.69) is 4.90 Å². The van der Waals surface area contributed by atoms with Gasteiger partial charge >= 0.3 is 6.18 Å². The second kappa shape index (κ2) is 5.71. The third-order valence-electron chi connectivity index (χ3n) is 3.10. The van der Waals surface area contributed by atoms with Crippen molar-refractivity contribution in [2.45, 2.75) is 12.6 Å². The quantitative estimate of drug-likeness (QED) is 0.827. The van der Waals surface area contributed by atoms with Gasteiger partial charge < -0.3 is 4.74 Å². The van der Waals surface area contributed by atoms with Crippen molar-refractivity contribution in [3.63, 3.8) is 0 Å². The summed E-state index contributed by atoms with van der Waals surface area (Å²) >= 11 is 0. The molecule has 1 aromatic rings. The van der Waals surface area contributed by atoms with Crippen LogP contribution in [0.4, 0.5) is 13.2 Å². The lowest BCUT2D eigenvalue weighted by Crippen LogP contribution is -2.37. The minimum atomic E-state index is -4.25. The number of ether oxygens (including phenoxy) is 1. The molecule has 5 heteroatoms. The van der Waals surface area contributed by atoms with Crippen molar-refractivity contribution in [3.05, 3.63) is 35.4 Å². The SMILES string of the molecule is FC(F)(F)c1ccc(CCN2CCOCC2)cc1. The molecule has 1 heterocycles. The molecule has 0 aromatic heterocycles. The molecule has 18 heavy (non-hydrogen) atoms. The summed E-state index contributed by atoms with van der Waals surface area (Å²) in [5.74, 6) is 0. The number of halogens is 3. The Labute approximate surface area is 104 Å². The molecule has 0 N–H and O–H groups in total. The third kappa shape index (κ3) is 3.71. The Balaban J connectivity index is 1.86. The smallest absolute Gasteiger partial charge is 0.379 e. The molecular weight excluding hydrogens is 243 g/mol. The zero-order valence-electron chi connectivity index (χ0n) is 10.0. The Morgan fingerprint density at radius 3 is 2.22 bits per heavy atom. The van der Waals surface area contributed by atoms with Crippen molar-refractivity contribution in [1.29, 1.82) is 0 Å². The molecule has 2 nitrogen and oxygen atoms in total. The molecule has 0 spiro atoms. The Kier molecular flexibility index (Phi) is 4.24. The van der Waals surface area contributed by atoms with Crippen LogP contribution in [0.2, 0.25) is 0 Å². The predicted octanol–water partition coefficient (Wildman–Crippen LogP) is 2.58. The second-order valence-corrected chi connectivity index (χ2v) is 4.40. The number of alkyl halides is 3. The van der Waals surface area contributed by atoms with Crippen LogP contribution in [0.3, 0.4) is 0 Å². The highest BCUT2D eigenvalue weighted by Gasteiger charge is 2.29. The lowest BCUT2D eigenvalue weighted by Gasteiger charge is -2.26. The maximum Gasteiger partial charge on any atom is 0.416 e. The summed E-state index contributed by atoms with van der Waals surface area (Å²) in [4.78, 5) is 2.27. The van der Waals surface area contributed by atoms with Gasteiger partial charge in [0.05, 0.1) is 18.8 Å². The monoisotopic (exact) mass is 259 g/mol. The zero-order valence-corrected chi connectivity index (χ0v) is 10.0. The van der Waals surface area contributed by atoms with Gasteiger partial charge in [0.25, 0.3) is 0 Å². The molecule has 0 radical (unpaired) electrons. The standard InChI is InChI=1S/C13H16F3NO/c14-13(15,16)12-3-1-11(2-4-12)5-6-17-7-9-18-10-8-17/h1-4H,5-10H2. The van der Waals surface area contributed by atoms with Gasteiger partial charge in [-0.1, -0.05) is 12.1 Å². The van der Waals surface area contributed by atoms with Crippen LogP contribution in [-0.4, -0.2) is 37.7 Å². The largest absolute Gasteiger partial charge is 0.416 e. The lowest BCUT2D eigenvalue weighted by atomic mass is 10.1. The average Bonchev–Trinajstić information content (AvgIpc) is 2.37. The van der Waals surface area contributed by atoms with Gasteiger partial charge in [0.15, 0.2) is 0 Å². The Bertz CT molecular complexity index is 369. The van der Waals surface area contributed by atoms with Gasteiger partial charge in [-0.2, -0.15) is 13.2 Å². The molecule has 0 saturated carbocycles. The van der Waals surface area contributed by atoms with Crippen molar-refractivity contribution in [1.82, 2.24) is 4.90 Å². The molecule has 100 valence electrons. The van der Waals surface area contributed by atoms with Crippen LogP contribution in [0.25, 0.3) is 0 Å². The average molecular weight is 259 g/mol. The van der Waals surface area contributed by atoms with Crippen LogP contribution >= 0.6 is 0 Å². The number of rotatable bonds is 3. The molecular formula is C13H16F3NO. The third-order valence-corrected chi connectivity index (χ3v) is 3.10. The summed E-state index contributed by atoms with van der Waals surface area (Å²) in [6.07, 6.45) is -3.47. The fourth-order valence-corrected chi connectivity index (χ4v) is 1.97. The van der Waals surface area contributed by atoms with Gasteiger partial charge in [0, 0.05) is 19.6 Å². The van der Waals surface area contributed by atoms with Crippen LogP contribution < -0.4 is 0 Å². The first-order valence-corrected chi connectivity index (χ1v) is 6.02. The van der Waals surface area contributed by atoms with Crippen molar-refractivity contribution >= 4 is 0 Å². The fourth-order valence-electron chi connectivity index (χ4n) is 1.97. The minimum absolute atomic E-state index is 0.586. The van der Waals surface area contributed by atoms with Gasteiger partial charge in [-0.15, -0.1) is 0 Å². The first-order valence-electron chi connectivity index (χ1n) is 6.02. The number of nitrogens with zero attached hydrogens (tertiary/aromatic N) is 1. The van der Waals surface area contributed by atoms with E-state index < -0.39 is 11.7 Å². The molecule has 1 saturated heterocycles. The van der Waals surface area contributed by atoms with E-state index in [1.54, 1.807) is 12.1 Å². The summed E-state index contributed by atoms with van der Waals surface area (Å²) in [5.41, 5.74) is 0.354. The topological polar surface area (TPSA) is 12.5 Å². The molecule has 2 rings (SSSR count). The van der Waals surface area contributed by atoms with Gasteiger partial charge in [-0.05, 0) is 24.1 Å². The maximum absolute atomic E-state index is 12.4. The van der Waals surface area contributed by atoms with Crippen molar-refractivity contribution in [2.24, 2.45) is 0 Å². The van der Waals surface area contributed by atoms with Gasteiger partial charge in [0.2, 0.25) is 0 Å². The highest BCUT2D eigenvalue weighted by atomic mass is 19.4. The first-order chi connectivity index (χ1) is 8.55. The number of benzene rings is 1. The Morgan fingerprint density at radius 2 is 1.67 bits per heavy atom. The van der Waals surface area contributed by atoms with Gasteiger partial charge in [-0.25, -0.2) is 0 Å². The summed E-state index contributed by atoms with van der Waals surface area (Å²) < 4.78 is 42.4. The van der Waals surface area contributed by atoms with Gasteiger partial charge in [0.1, 0.15) is 0 Å². The van der Waals surface area contributed by atoms with Crippen LogP contribution in [0, 0.1) is 0 Å². The molecule has 0 atom stereocenters. The van der Waals surface area contributed by atoms with Crippen LogP contribution in [-0.2, 0) is 17.3 Å². The highest BCUT2D eigenvalue weighted by Crippen LogP contribution is 2.29. The molecule has 0 amide bonds. The van der Waals surface area contributed by atoms with E-state index in [9.17, 15) is 13.2 Å². The molecule has 0 bridgehead atoms.